The molecule has 18 heavy (non-hydrogen) atoms. The molecule has 3 heteroatoms. The first-order valence-electron chi connectivity index (χ1n) is 6.51. The van der Waals surface area contributed by atoms with E-state index in [0.717, 1.165) is 25.1 Å². The van der Waals surface area contributed by atoms with Crippen molar-refractivity contribution in [1.82, 2.24) is 4.90 Å². The van der Waals surface area contributed by atoms with Crippen molar-refractivity contribution in [3.8, 4) is 0 Å². The van der Waals surface area contributed by atoms with Crippen LogP contribution in [0.2, 0.25) is 0 Å². The first-order valence-corrected chi connectivity index (χ1v) is 6.51. The van der Waals surface area contributed by atoms with Gasteiger partial charge in [-0.25, -0.2) is 0 Å². The maximum Gasteiger partial charge on any atom is 0.325 e. The van der Waals surface area contributed by atoms with E-state index in [0.29, 0.717) is 0 Å². The fourth-order valence-electron chi connectivity index (χ4n) is 2.83. The van der Waals surface area contributed by atoms with Crippen LogP contribution < -0.4 is 0 Å². The lowest BCUT2D eigenvalue weighted by Crippen LogP contribution is -2.44. The summed E-state index contributed by atoms with van der Waals surface area (Å²) in [6.45, 7) is 6.14. The lowest BCUT2D eigenvalue weighted by molar-refractivity contribution is -0.145. The van der Waals surface area contributed by atoms with Crippen LogP contribution in [-0.4, -0.2) is 29.1 Å². The van der Waals surface area contributed by atoms with Crippen LogP contribution in [0.15, 0.2) is 30.3 Å². The van der Waals surface area contributed by atoms with Gasteiger partial charge < -0.3 is 5.11 Å². The van der Waals surface area contributed by atoms with Crippen molar-refractivity contribution in [3.05, 3.63) is 35.9 Å². The second-order valence-electron chi connectivity index (χ2n) is 5.89. The van der Waals surface area contributed by atoms with Gasteiger partial charge in [-0.1, -0.05) is 44.2 Å². The summed E-state index contributed by atoms with van der Waals surface area (Å²) in [6.07, 6.45) is 2.24. The van der Waals surface area contributed by atoms with Crippen molar-refractivity contribution in [3.63, 3.8) is 0 Å². The zero-order valence-electron chi connectivity index (χ0n) is 11.1. The zero-order chi connectivity index (χ0) is 13.2. The highest BCUT2D eigenvalue weighted by molar-refractivity contribution is 5.75. The van der Waals surface area contributed by atoms with E-state index < -0.39 is 12.0 Å². The standard InChI is InChI=1S/C15H21NO2/c1-15(2)9-6-10-16(11-15)13(14(17)18)12-7-4-3-5-8-12/h3-5,7-8,13H,6,9-11H2,1-2H3,(H,17,18). The number of aliphatic carboxylic acids is 1. The number of carbonyl (C=O) groups is 1. The van der Waals surface area contributed by atoms with Crippen LogP contribution in [0.5, 0.6) is 0 Å². The van der Waals surface area contributed by atoms with Gasteiger partial charge in [0.2, 0.25) is 0 Å². The predicted octanol–water partition coefficient (Wildman–Crippen LogP) is 2.93. The van der Waals surface area contributed by atoms with E-state index in [1.165, 1.54) is 6.42 Å². The molecule has 98 valence electrons. The van der Waals surface area contributed by atoms with Gasteiger partial charge in [0, 0.05) is 6.54 Å². The molecule has 1 aliphatic rings. The molecule has 1 aliphatic heterocycles. The molecular weight excluding hydrogens is 226 g/mol. The Kier molecular flexibility index (Phi) is 3.71. The van der Waals surface area contributed by atoms with Gasteiger partial charge in [0.15, 0.2) is 0 Å². The molecular formula is C15H21NO2. The van der Waals surface area contributed by atoms with Crippen molar-refractivity contribution in [2.45, 2.75) is 32.7 Å². The lowest BCUT2D eigenvalue weighted by atomic mass is 9.83. The SMILES string of the molecule is CC1(C)CCCN(C(C(=O)O)c2ccccc2)C1. The maximum absolute atomic E-state index is 11.6. The monoisotopic (exact) mass is 247 g/mol. The third-order valence-corrected chi connectivity index (χ3v) is 3.64. The van der Waals surface area contributed by atoms with Crippen LogP contribution in [0, 0.1) is 5.41 Å². The van der Waals surface area contributed by atoms with E-state index in [4.69, 9.17) is 0 Å². The summed E-state index contributed by atoms with van der Waals surface area (Å²) in [5.74, 6) is -0.751. The van der Waals surface area contributed by atoms with Crippen LogP contribution in [0.25, 0.3) is 0 Å². The molecule has 1 heterocycles. The van der Waals surface area contributed by atoms with Crippen LogP contribution >= 0.6 is 0 Å². The Morgan fingerprint density at radius 3 is 2.56 bits per heavy atom. The fraction of sp³-hybridized carbons (Fsp3) is 0.533. The second kappa shape index (κ2) is 5.11. The Morgan fingerprint density at radius 1 is 1.33 bits per heavy atom. The molecule has 1 aromatic rings. The van der Waals surface area contributed by atoms with Gasteiger partial charge in [-0.05, 0) is 30.4 Å². The first-order chi connectivity index (χ1) is 8.49. The van der Waals surface area contributed by atoms with E-state index in [9.17, 15) is 9.90 Å². The van der Waals surface area contributed by atoms with Gasteiger partial charge in [-0.2, -0.15) is 0 Å². The highest BCUT2D eigenvalue weighted by atomic mass is 16.4. The van der Waals surface area contributed by atoms with E-state index in [1.807, 2.05) is 30.3 Å². The molecule has 0 aromatic heterocycles. The van der Waals surface area contributed by atoms with Crippen molar-refractivity contribution >= 4 is 5.97 Å². The van der Waals surface area contributed by atoms with Crippen LogP contribution in [0.1, 0.15) is 38.3 Å². The Balaban J connectivity index is 2.23. The molecule has 1 fully saturated rings. The number of benzene rings is 1. The average Bonchev–Trinajstić information content (AvgIpc) is 2.28. The summed E-state index contributed by atoms with van der Waals surface area (Å²) in [4.78, 5) is 13.7. The topological polar surface area (TPSA) is 40.5 Å². The molecule has 0 saturated carbocycles. The molecule has 1 unspecified atom stereocenters. The molecule has 1 atom stereocenters. The Morgan fingerprint density at radius 2 is 2.00 bits per heavy atom. The summed E-state index contributed by atoms with van der Waals surface area (Å²) >= 11 is 0. The molecule has 3 nitrogen and oxygen atoms in total. The zero-order valence-corrected chi connectivity index (χ0v) is 11.1. The molecule has 1 N–H and O–H groups in total. The molecule has 1 aromatic carbocycles. The minimum absolute atomic E-state index is 0.209. The molecule has 0 radical (unpaired) electrons. The number of piperidine rings is 1. The molecule has 0 spiro atoms. The van der Waals surface area contributed by atoms with Crippen LogP contribution in [0.3, 0.4) is 0 Å². The van der Waals surface area contributed by atoms with Crippen LogP contribution in [-0.2, 0) is 4.79 Å². The summed E-state index contributed by atoms with van der Waals surface area (Å²) in [5.41, 5.74) is 1.09. The highest BCUT2D eigenvalue weighted by Gasteiger charge is 2.34. The smallest absolute Gasteiger partial charge is 0.325 e. The average molecular weight is 247 g/mol. The quantitative estimate of drug-likeness (QED) is 0.892. The van der Waals surface area contributed by atoms with Crippen molar-refractivity contribution < 1.29 is 9.90 Å². The minimum Gasteiger partial charge on any atom is -0.480 e. The van der Waals surface area contributed by atoms with Crippen LogP contribution in [0.4, 0.5) is 0 Å². The van der Waals surface area contributed by atoms with E-state index in [-0.39, 0.29) is 5.41 Å². The highest BCUT2D eigenvalue weighted by Crippen LogP contribution is 2.33. The van der Waals surface area contributed by atoms with E-state index in [2.05, 4.69) is 18.7 Å². The number of likely N-dealkylation sites (tertiary alicyclic amines) is 1. The number of carboxylic acids is 1. The van der Waals surface area contributed by atoms with Gasteiger partial charge in [-0.15, -0.1) is 0 Å². The second-order valence-corrected chi connectivity index (χ2v) is 5.89. The molecule has 1 saturated heterocycles. The first kappa shape index (κ1) is 13.1. The third-order valence-electron chi connectivity index (χ3n) is 3.64. The van der Waals surface area contributed by atoms with Gasteiger partial charge in [0.25, 0.3) is 0 Å². The van der Waals surface area contributed by atoms with E-state index in [1.54, 1.807) is 0 Å². The summed E-state index contributed by atoms with van der Waals surface area (Å²) in [6, 6.07) is 9.02. The number of carboxylic acid groups (broad SMARTS) is 1. The number of nitrogens with zero attached hydrogens (tertiary/aromatic N) is 1. The number of hydrogen-bond donors (Lipinski definition) is 1. The van der Waals surface area contributed by atoms with Gasteiger partial charge in [0.05, 0.1) is 0 Å². The Labute approximate surface area is 108 Å². The Bertz CT molecular complexity index is 414. The lowest BCUT2D eigenvalue weighted by Gasteiger charge is -2.40. The Hall–Kier alpha value is -1.35. The predicted molar refractivity (Wildman–Crippen MR) is 71.4 cm³/mol. The van der Waals surface area contributed by atoms with Crippen molar-refractivity contribution in [2.24, 2.45) is 5.41 Å². The summed E-state index contributed by atoms with van der Waals surface area (Å²) in [7, 11) is 0. The fourth-order valence-corrected chi connectivity index (χ4v) is 2.83. The normalized spacial score (nSPS) is 21.4. The van der Waals surface area contributed by atoms with Gasteiger partial charge >= 0.3 is 5.97 Å². The molecule has 2 rings (SSSR count). The minimum atomic E-state index is -0.751. The maximum atomic E-state index is 11.6. The van der Waals surface area contributed by atoms with Gasteiger partial charge in [-0.3, -0.25) is 9.69 Å². The largest absolute Gasteiger partial charge is 0.480 e. The number of hydrogen-bond acceptors (Lipinski definition) is 2. The van der Waals surface area contributed by atoms with Gasteiger partial charge in [0.1, 0.15) is 6.04 Å². The summed E-state index contributed by atoms with van der Waals surface area (Å²) < 4.78 is 0. The van der Waals surface area contributed by atoms with E-state index >= 15 is 0 Å². The van der Waals surface area contributed by atoms with Crippen molar-refractivity contribution in [1.29, 1.82) is 0 Å². The van der Waals surface area contributed by atoms with Crippen molar-refractivity contribution in [2.75, 3.05) is 13.1 Å². The molecule has 0 bridgehead atoms. The third kappa shape index (κ3) is 2.91. The molecule has 0 amide bonds. The molecule has 0 aliphatic carbocycles. The number of rotatable bonds is 3. The summed E-state index contributed by atoms with van der Waals surface area (Å²) in [5, 5.41) is 9.51.